The van der Waals surface area contributed by atoms with E-state index in [1.165, 1.54) is 23.9 Å². The molecule has 6 nitrogen and oxygen atoms in total. The van der Waals surface area contributed by atoms with Crippen molar-refractivity contribution in [1.29, 1.82) is 0 Å². The maximum atomic E-state index is 13.5. The first kappa shape index (κ1) is 17.0. The van der Waals surface area contributed by atoms with Gasteiger partial charge < -0.3 is 14.3 Å². The number of halogens is 1. The number of carboxylic acids is 1. The van der Waals surface area contributed by atoms with Gasteiger partial charge in [-0.1, -0.05) is 36.0 Å². The van der Waals surface area contributed by atoms with E-state index in [0.717, 1.165) is 5.56 Å². The topological polar surface area (TPSA) is 85.5 Å². The maximum Gasteiger partial charge on any atom is 0.335 e. The first-order valence-corrected chi connectivity index (χ1v) is 8.25. The minimum atomic E-state index is -0.962. The molecular weight excluding hydrogens is 347 g/mol. The second kappa shape index (κ2) is 7.80. The van der Waals surface area contributed by atoms with Crippen molar-refractivity contribution in [3.05, 3.63) is 71.4 Å². The molecule has 1 aromatic heterocycles. The van der Waals surface area contributed by atoms with Gasteiger partial charge >= 0.3 is 5.97 Å². The van der Waals surface area contributed by atoms with Crippen LogP contribution in [-0.2, 0) is 12.4 Å². The van der Waals surface area contributed by atoms with Gasteiger partial charge in [0.25, 0.3) is 11.1 Å². The molecule has 0 amide bonds. The van der Waals surface area contributed by atoms with E-state index in [1.807, 2.05) is 0 Å². The molecule has 128 valence electrons. The van der Waals surface area contributed by atoms with Gasteiger partial charge in [-0.3, -0.25) is 0 Å². The van der Waals surface area contributed by atoms with Crippen LogP contribution in [0.25, 0.3) is 0 Å². The molecule has 0 bridgehead atoms. The maximum absolute atomic E-state index is 13.5. The molecule has 0 saturated carbocycles. The molecule has 0 unspecified atom stereocenters. The van der Waals surface area contributed by atoms with Gasteiger partial charge in [0.15, 0.2) is 18.2 Å². The molecule has 1 N–H and O–H groups in total. The fourth-order valence-corrected chi connectivity index (χ4v) is 2.68. The molecule has 0 aliphatic heterocycles. The SMILES string of the molecule is O=C(O)c1ccc(CSc2nnc(COc3ccccc3F)o2)cc1. The van der Waals surface area contributed by atoms with E-state index in [9.17, 15) is 9.18 Å². The van der Waals surface area contributed by atoms with E-state index in [1.54, 1.807) is 36.4 Å². The van der Waals surface area contributed by atoms with Gasteiger partial charge in [0.2, 0.25) is 0 Å². The van der Waals surface area contributed by atoms with Crippen LogP contribution in [0.2, 0.25) is 0 Å². The third-order valence-corrected chi connectivity index (χ3v) is 4.09. The second-order valence-electron chi connectivity index (χ2n) is 4.97. The predicted octanol–water partition coefficient (Wildman–Crippen LogP) is 3.78. The van der Waals surface area contributed by atoms with Crippen LogP contribution in [-0.4, -0.2) is 21.3 Å². The number of carbonyl (C=O) groups is 1. The van der Waals surface area contributed by atoms with Crippen molar-refractivity contribution in [3.63, 3.8) is 0 Å². The fraction of sp³-hybridized carbons (Fsp3) is 0.118. The fourth-order valence-electron chi connectivity index (χ4n) is 1.94. The minimum absolute atomic E-state index is 0.0260. The molecule has 2 aromatic carbocycles. The summed E-state index contributed by atoms with van der Waals surface area (Å²) in [5.74, 6) is -0.507. The molecule has 0 fully saturated rings. The molecule has 3 rings (SSSR count). The van der Waals surface area contributed by atoms with Crippen LogP contribution in [0.1, 0.15) is 21.8 Å². The van der Waals surface area contributed by atoms with Gasteiger partial charge in [-0.15, -0.1) is 10.2 Å². The third-order valence-electron chi connectivity index (χ3n) is 3.20. The van der Waals surface area contributed by atoms with Gasteiger partial charge in [-0.25, -0.2) is 9.18 Å². The lowest BCUT2D eigenvalue weighted by Gasteiger charge is -2.03. The van der Waals surface area contributed by atoms with Crippen LogP contribution >= 0.6 is 11.8 Å². The van der Waals surface area contributed by atoms with E-state index in [-0.39, 0.29) is 23.8 Å². The van der Waals surface area contributed by atoms with E-state index in [2.05, 4.69) is 10.2 Å². The Labute approximate surface area is 146 Å². The number of aromatic carboxylic acids is 1. The highest BCUT2D eigenvalue weighted by atomic mass is 32.2. The average molecular weight is 360 g/mol. The monoisotopic (exact) mass is 360 g/mol. The Morgan fingerprint density at radius 3 is 2.64 bits per heavy atom. The first-order chi connectivity index (χ1) is 12.1. The van der Waals surface area contributed by atoms with E-state index in [4.69, 9.17) is 14.3 Å². The number of ether oxygens (including phenoxy) is 1. The van der Waals surface area contributed by atoms with E-state index < -0.39 is 11.8 Å². The van der Waals surface area contributed by atoms with E-state index in [0.29, 0.717) is 11.0 Å². The average Bonchev–Trinajstić information content (AvgIpc) is 3.07. The van der Waals surface area contributed by atoms with Crippen LogP contribution in [0.5, 0.6) is 5.75 Å². The minimum Gasteiger partial charge on any atom is -0.481 e. The Kier molecular flexibility index (Phi) is 5.30. The van der Waals surface area contributed by atoms with Gasteiger partial charge in [-0.2, -0.15) is 0 Å². The number of hydrogen-bond acceptors (Lipinski definition) is 6. The standard InChI is InChI=1S/C17H13FN2O4S/c18-13-3-1-2-4-14(13)23-9-15-19-20-17(24-15)25-10-11-5-7-12(8-6-11)16(21)22/h1-8H,9-10H2,(H,21,22). The smallest absolute Gasteiger partial charge is 0.335 e. The molecule has 3 aromatic rings. The summed E-state index contributed by atoms with van der Waals surface area (Å²) < 4.78 is 24.2. The van der Waals surface area contributed by atoms with Gasteiger partial charge in [-0.05, 0) is 29.8 Å². The summed E-state index contributed by atoms with van der Waals surface area (Å²) in [5.41, 5.74) is 1.16. The number of hydrogen-bond donors (Lipinski definition) is 1. The summed E-state index contributed by atoms with van der Waals surface area (Å²) in [7, 11) is 0. The first-order valence-electron chi connectivity index (χ1n) is 7.26. The zero-order valence-electron chi connectivity index (χ0n) is 12.9. The largest absolute Gasteiger partial charge is 0.481 e. The van der Waals surface area contributed by atoms with Crippen molar-refractivity contribution in [2.24, 2.45) is 0 Å². The molecule has 25 heavy (non-hydrogen) atoms. The van der Waals surface area contributed by atoms with Crippen LogP contribution in [0.3, 0.4) is 0 Å². The molecule has 0 radical (unpaired) electrons. The van der Waals surface area contributed by atoms with Crippen LogP contribution in [0.4, 0.5) is 4.39 Å². The third kappa shape index (κ3) is 4.57. The Morgan fingerprint density at radius 2 is 1.92 bits per heavy atom. The molecular formula is C17H13FN2O4S. The number of aromatic nitrogens is 2. The number of carboxylic acid groups (broad SMARTS) is 1. The zero-order chi connectivity index (χ0) is 17.6. The summed E-state index contributed by atoms with van der Waals surface area (Å²) >= 11 is 1.32. The van der Waals surface area contributed by atoms with Crippen molar-refractivity contribution in [2.75, 3.05) is 0 Å². The molecule has 0 aliphatic rings. The van der Waals surface area contributed by atoms with Crippen molar-refractivity contribution in [2.45, 2.75) is 17.6 Å². The van der Waals surface area contributed by atoms with Crippen molar-refractivity contribution < 1.29 is 23.4 Å². The highest BCUT2D eigenvalue weighted by molar-refractivity contribution is 7.98. The molecule has 8 heteroatoms. The normalized spacial score (nSPS) is 10.6. The lowest BCUT2D eigenvalue weighted by molar-refractivity contribution is 0.0697. The molecule has 0 atom stereocenters. The summed E-state index contributed by atoms with van der Waals surface area (Å²) in [4.78, 5) is 10.8. The molecule has 0 aliphatic carbocycles. The second-order valence-corrected chi connectivity index (χ2v) is 5.90. The number of para-hydroxylation sites is 1. The molecule has 1 heterocycles. The zero-order valence-corrected chi connectivity index (χ0v) is 13.7. The summed E-state index contributed by atoms with van der Waals surface area (Å²) in [5, 5.41) is 17.0. The summed E-state index contributed by atoms with van der Waals surface area (Å²) in [6.45, 7) is -0.0260. The molecule has 0 spiro atoms. The van der Waals surface area contributed by atoms with Gasteiger partial charge in [0.1, 0.15) is 0 Å². The highest BCUT2D eigenvalue weighted by Crippen LogP contribution is 2.23. The number of thioether (sulfide) groups is 1. The lowest BCUT2D eigenvalue weighted by atomic mass is 10.1. The van der Waals surface area contributed by atoms with E-state index >= 15 is 0 Å². The van der Waals surface area contributed by atoms with Gasteiger partial charge in [0.05, 0.1) is 5.56 Å². The lowest BCUT2D eigenvalue weighted by Crippen LogP contribution is -1.97. The quantitative estimate of drug-likeness (QED) is 0.642. The Bertz CT molecular complexity index is 867. The van der Waals surface area contributed by atoms with Crippen molar-refractivity contribution in [1.82, 2.24) is 10.2 Å². The molecule has 0 saturated heterocycles. The van der Waals surface area contributed by atoms with Crippen molar-refractivity contribution in [3.8, 4) is 5.75 Å². The number of rotatable bonds is 7. The van der Waals surface area contributed by atoms with Gasteiger partial charge in [0, 0.05) is 5.75 Å². The summed E-state index contributed by atoms with van der Waals surface area (Å²) in [6.07, 6.45) is 0. The Balaban J connectivity index is 1.53. The van der Waals surface area contributed by atoms with Crippen LogP contribution in [0, 0.1) is 5.82 Å². The number of nitrogens with zero attached hydrogens (tertiary/aromatic N) is 2. The van der Waals surface area contributed by atoms with Crippen LogP contribution in [0.15, 0.2) is 58.2 Å². The van der Waals surface area contributed by atoms with Crippen molar-refractivity contribution >= 4 is 17.7 Å². The predicted molar refractivity (Wildman–Crippen MR) is 88.0 cm³/mol. The van der Waals surface area contributed by atoms with Crippen LogP contribution < -0.4 is 4.74 Å². The Hall–Kier alpha value is -2.87. The number of benzene rings is 2. The highest BCUT2D eigenvalue weighted by Gasteiger charge is 2.10. The summed E-state index contributed by atoms with van der Waals surface area (Å²) in [6, 6.07) is 12.6. The Morgan fingerprint density at radius 1 is 1.16 bits per heavy atom.